The van der Waals surface area contributed by atoms with Gasteiger partial charge < -0.3 is 4.90 Å². The lowest BCUT2D eigenvalue weighted by Crippen LogP contribution is -2.30. The summed E-state index contributed by atoms with van der Waals surface area (Å²) in [6, 6.07) is 9.88. The Morgan fingerprint density at radius 1 is 1.12 bits per heavy atom. The van der Waals surface area contributed by atoms with Crippen molar-refractivity contribution < 1.29 is 9.59 Å². The first-order valence-corrected chi connectivity index (χ1v) is 5.59. The molecule has 0 spiro atoms. The van der Waals surface area contributed by atoms with Crippen molar-refractivity contribution in [3.05, 3.63) is 35.9 Å². The smallest absolute Gasteiger partial charge is 0.230 e. The molecule has 1 aromatic rings. The summed E-state index contributed by atoms with van der Waals surface area (Å²) in [4.78, 5) is 24.8. The highest BCUT2D eigenvalue weighted by atomic mass is 16.2. The summed E-state index contributed by atoms with van der Waals surface area (Å²) in [5, 5.41) is 0. The number of hydrogen-bond donors (Lipinski definition) is 0. The monoisotopic (exact) mass is 217 g/mol. The maximum atomic E-state index is 11.7. The van der Waals surface area contributed by atoms with E-state index in [1.807, 2.05) is 30.3 Å². The first-order chi connectivity index (χ1) is 7.75. The van der Waals surface area contributed by atoms with Gasteiger partial charge in [0.25, 0.3) is 0 Å². The quantitative estimate of drug-likeness (QED) is 0.708. The predicted octanol–water partition coefficient (Wildman–Crippen LogP) is 1.77. The molecule has 0 bridgehead atoms. The number of ketones is 1. The minimum Gasteiger partial charge on any atom is -0.338 e. The highest BCUT2D eigenvalue weighted by Gasteiger charge is 2.21. The minimum atomic E-state index is -0.0358. The topological polar surface area (TPSA) is 37.4 Å². The molecule has 84 valence electrons. The Kier molecular flexibility index (Phi) is 3.34. The average molecular weight is 217 g/mol. The molecule has 1 aliphatic rings. The van der Waals surface area contributed by atoms with E-state index in [0.717, 1.165) is 12.0 Å². The van der Waals surface area contributed by atoms with Crippen LogP contribution in [0.1, 0.15) is 24.8 Å². The third kappa shape index (κ3) is 2.69. The first kappa shape index (κ1) is 10.9. The second-order valence-corrected chi connectivity index (χ2v) is 4.12. The molecule has 0 atom stereocenters. The van der Waals surface area contributed by atoms with Gasteiger partial charge in [-0.1, -0.05) is 30.3 Å². The zero-order valence-corrected chi connectivity index (χ0v) is 9.19. The molecule has 1 aromatic carbocycles. The zero-order valence-electron chi connectivity index (χ0n) is 9.19. The van der Waals surface area contributed by atoms with Crippen LogP contribution >= 0.6 is 0 Å². The van der Waals surface area contributed by atoms with Gasteiger partial charge in [0.1, 0.15) is 5.78 Å². The Bertz CT molecular complexity index is 386. The van der Waals surface area contributed by atoms with E-state index in [0.29, 0.717) is 19.5 Å². The van der Waals surface area contributed by atoms with Crippen molar-refractivity contribution in [3.8, 4) is 0 Å². The van der Waals surface area contributed by atoms with E-state index >= 15 is 0 Å². The fourth-order valence-electron chi connectivity index (χ4n) is 1.93. The van der Waals surface area contributed by atoms with Crippen molar-refractivity contribution in [1.82, 2.24) is 4.90 Å². The molecule has 0 saturated carbocycles. The van der Waals surface area contributed by atoms with E-state index < -0.39 is 0 Å². The van der Waals surface area contributed by atoms with Crippen LogP contribution in [-0.4, -0.2) is 23.1 Å². The third-order valence-electron chi connectivity index (χ3n) is 2.80. The minimum absolute atomic E-state index is 0.0358. The predicted molar refractivity (Wildman–Crippen MR) is 60.7 cm³/mol. The van der Waals surface area contributed by atoms with Crippen LogP contribution in [0.2, 0.25) is 0 Å². The van der Waals surface area contributed by atoms with Gasteiger partial charge in [0.2, 0.25) is 5.91 Å². The highest BCUT2D eigenvalue weighted by molar-refractivity contribution is 5.98. The Morgan fingerprint density at radius 2 is 1.88 bits per heavy atom. The molecule has 0 aromatic heterocycles. The molecule has 1 fully saturated rings. The van der Waals surface area contributed by atoms with E-state index in [2.05, 4.69) is 0 Å². The van der Waals surface area contributed by atoms with E-state index in [1.54, 1.807) is 4.90 Å². The first-order valence-electron chi connectivity index (χ1n) is 5.59. The molecule has 1 saturated heterocycles. The van der Waals surface area contributed by atoms with Crippen molar-refractivity contribution in [2.75, 3.05) is 6.54 Å². The molecule has 0 unspecified atom stereocenters. The van der Waals surface area contributed by atoms with E-state index in [1.165, 1.54) is 0 Å². The van der Waals surface area contributed by atoms with Crippen molar-refractivity contribution in [2.24, 2.45) is 0 Å². The summed E-state index contributed by atoms with van der Waals surface area (Å²) in [7, 11) is 0. The lowest BCUT2D eigenvalue weighted by molar-refractivity contribution is -0.134. The van der Waals surface area contributed by atoms with E-state index in [-0.39, 0.29) is 18.1 Å². The van der Waals surface area contributed by atoms with Crippen LogP contribution in [0.15, 0.2) is 30.3 Å². The van der Waals surface area contributed by atoms with Gasteiger partial charge in [0.05, 0.1) is 6.42 Å². The van der Waals surface area contributed by atoms with Crippen LogP contribution in [-0.2, 0) is 16.1 Å². The second kappa shape index (κ2) is 4.92. The van der Waals surface area contributed by atoms with Crippen molar-refractivity contribution in [2.45, 2.75) is 25.8 Å². The van der Waals surface area contributed by atoms with Crippen molar-refractivity contribution in [3.63, 3.8) is 0 Å². The average Bonchev–Trinajstić information content (AvgIpc) is 2.43. The van der Waals surface area contributed by atoms with Gasteiger partial charge in [-0.2, -0.15) is 0 Å². The maximum Gasteiger partial charge on any atom is 0.230 e. The second-order valence-electron chi connectivity index (χ2n) is 4.12. The molecule has 3 nitrogen and oxygen atoms in total. The molecule has 1 amide bonds. The fraction of sp³-hybridized carbons (Fsp3) is 0.385. The van der Waals surface area contributed by atoms with Gasteiger partial charge in [-0.05, 0) is 12.0 Å². The number of carbonyl (C=O) groups is 2. The highest BCUT2D eigenvalue weighted by Crippen LogP contribution is 2.12. The number of Topliss-reactive ketones (excluding diaryl/α,β-unsaturated/α-hetero) is 1. The van der Waals surface area contributed by atoms with Crippen LogP contribution in [0.3, 0.4) is 0 Å². The van der Waals surface area contributed by atoms with Crippen LogP contribution in [0.4, 0.5) is 0 Å². The number of rotatable bonds is 2. The Morgan fingerprint density at radius 3 is 2.62 bits per heavy atom. The molecule has 0 N–H and O–H groups in total. The third-order valence-corrected chi connectivity index (χ3v) is 2.80. The van der Waals surface area contributed by atoms with Crippen molar-refractivity contribution >= 4 is 11.7 Å². The van der Waals surface area contributed by atoms with E-state index in [4.69, 9.17) is 0 Å². The molecule has 1 aliphatic heterocycles. The number of amides is 1. The van der Waals surface area contributed by atoms with Gasteiger partial charge in [-0.3, -0.25) is 9.59 Å². The Hall–Kier alpha value is -1.64. The molecule has 16 heavy (non-hydrogen) atoms. The maximum absolute atomic E-state index is 11.7. The number of hydrogen-bond acceptors (Lipinski definition) is 2. The Balaban J connectivity index is 2.04. The zero-order chi connectivity index (χ0) is 11.4. The van der Waals surface area contributed by atoms with Gasteiger partial charge in [-0.15, -0.1) is 0 Å². The van der Waals surface area contributed by atoms with Gasteiger partial charge in [0, 0.05) is 19.5 Å². The number of carbonyl (C=O) groups excluding carboxylic acids is 2. The standard InChI is InChI=1S/C13H15NO2/c15-12-7-4-8-14(13(16)9-12)10-11-5-2-1-3-6-11/h1-3,5-6H,4,7-10H2. The number of likely N-dealkylation sites (tertiary alicyclic amines) is 1. The van der Waals surface area contributed by atoms with Gasteiger partial charge in [0.15, 0.2) is 0 Å². The van der Waals surface area contributed by atoms with Crippen LogP contribution < -0.4 is 0 Å². The molecular formula is C13H15NO2. The summed E-state index contributed by atoms with van der Waals surface area (Å²) in [6.45, 7) is 1.31. The largest absolute Gasteiger partial charge is 0.338 e. The van der Waals surface area contributed by atoms with Crippen LogP contribution in [0, 0.1) is 0 Å². The fourth-order valence-corrected chi connectivity index (χ4v) is 1.93. The van der Waals surface area contributed by atoms with Gasteiger partial charge in [-0.25, -0.2) is 0 Å². The van der Waals surface area contributed by atoms with Crippen LogP contribution in [0.5, 0.6) is 0 Å². The summed E-state index contributed by atoms with van der Waals surface area (Å²) in [5.41, 5.74) is 1.12. The molecule has 0 radical (unpaired) electrons. The summed E-state index contributed by atoms with van der Waals surface area (Å²) < 4.78 is 0. The van der Waals surface area contributed by atoms with Gasteiger partial charge >= 0.3 is 0 Å². The number of nitrogens with zero attached hydrogens (tertiary/aromatic N) is 1. The number of benzene rings is 1. The van der Waals surface area contributed by atoms with E-state index in [9.17, 15) is 9.59 Å². The normalized spacial score (nSPS) is 17.4. The Labute approximate surface area is 95.1 Å². The molecule has 0 aliphatic carbocycles. The van der Waals surface area contributed by atoms with Crippen molar-refractivity contribution in [1.29, 1.82) is 0 Å². The SMILES string of the molecule is O=C1CCCN(Cc2ccccc2)C(=O)C1. The summed E-state index contributed by atoms with van der Waals surface area (Å²) in [6.07, 6.45) is 1.40. The lowest BCUT2D eigenvalue weighted by Gasteiger charge is -2.20. The molecule has 3 heteroatoms. The molecule has 1 heterocycles. The molecule has 2 rings (SSSR count). The lowest BCUT2D eigenvalue weighted by atomic mass is 10.2. The summed E-state index contributed by atoms with van der Waals surface area (Å²) in [5.74, 6) is 0.0342. The molecular weight excluding hydrogens is 202 g/mol. The van der Waals surface area contributed by atoms with Crippen LogP contribution in [0.25, 0.3) is 0 Å². The summed E-state index contributed by atoms with van der Waals surface area (Å²) >= 11 is 0.